The third-order valence-corrected chi connectivity index (χ3v) is 6.20. The Morgan fingerprint density at radius 3 is 2.89 bits per heavy atom. The molecule has 2 heterocycles. The minimum absolute atomic E-state index is 0.0812. The number of rotatable bonds is 2. The van der Waals surface area contributed by atoms with Gasteiger partial charge in [-0.15, -0.1) is 11.3 Å². The van der Waals surface area contributed by atoms with E-state index >= 15 is 0 Å². The van der Waals surface area contributed by atoms with Crippen LogP contribution in [-0.2, 0) is 6.42 Å². The first kappa shape index (κ1) is 13.1. The summed E-state index contributed by atoms with van der Waals surface area (Å²) in [4.78, 5) is 12.8. The van der Waals surface area contributed by atoms with Gasteiger partial charge in [-0.05, 0) is 68.1 Å². The number of fused-ring (bicyclic) bond motifs is 1. The van der Waals surface area contributed by atoms with Gasteiger partial charge in [0.2, 0.25) is 0 Å². The molecular weight excluding hydrogens is 392 g/mol. The Hall–Kier alpha value is -0.850. The lowest BCUT2D eigenvalue weighted by atomic mass is 10.1. The second-order valence-electron chi connectivity index (χ2n) is 4.24. The summed E-state index contributed by atoms with van der Waals surface area (Å²) < 4.78 is 1.83. The van der Waals surface area contributed by atoms with Crippen LogP contribution in [0.5, 0.6) is 0 Å². The number of nitrogens with one attached hydrogen (secondary N) is 2. The molecule has 0 unspecified atom stereocenters. The fraction of sp³-hybridized carbons (Fsp3) is 0.154. The van der Waals surface area contributed by atoms with Crippen LogP contribution in [0.2, 0.25) is 0 Å². The Bertz CT molecular complexity index is 635. The van der Waals surface area contributed by atoms with Crippen molar-refractivity contribution in [3.05, 3.63) is 43.0 Å². The second kappa shape index (κ2) is 5.26. The minimum atomic E-state index is -0.0812. The zero-order valence-corrected chi connectivity index (χ0v) is 13.8. The first-order valence-electron chi connectivity index (χ1n) is 5.76. The van der Waals surface area contributed by atoms with E-state index in [1.165, 1.54) is 22.6 Å². The molecule has 0 spiro atoms. The molecule has 0 aliphatic carbocycles. The van der Waals surface area contributed by atoms with Gasteiger partial charge in [-0.25, -0.2) is 0 Å². The molecular formula is C13H10Br2N2OS. The molecule has 1 aliphatic heterocycles. The number of carbonyl (C=O) groups is 1. The molecule has 0 radical (unpaired) electrons. The van der Waals surface area contributed by atoms with Crippen molar-refractivity contribution in [1.29, 1.82) is 0 Å². The average Bonchev–Trinajstić information content (AvgIpc) is 2.96. The normalized spacial score (nSPS) is 12.9. The quantitative estimate of drug-likeness (QED) is 0.778. The van der Waals surface area contributed by atoms with E-state index in [1.807, 2.05) is 24.3 Å². The number of benzene rings is 1. The summed E-state index contributed by atoms with van der Waals surface area (Å²) in [6.45, 7) is 0.970. The third-order valence-electron chi connectivity index (χ3n) is 2.94. The van der Waals surface area contributed by atoms with Gasteiger partial charge in [0.1, 0.15) is 0 Å². The number of amides is 1. The molecule has 0 bridgehead atoms. The smallest absolute Gasteiger partial charge is 0.265 e. The molecule has 98 valence electrons. The Morgan fingerprint density at radius 1 is 1.32 bits per heavy atom. The van der Waals surface area contributed by atoms with Gasteiger partial charge in [-0.2, -0.15) is 0 Å². The van der Waals surface area contributed by atoms with Crippen LogP contribution >= 0.6 is 43.2 Å². The Balaban J connectivity index is 1.79. The van der Waals surface area contributed by atoms with Crippen molar-refractivity contribution in [2.45, 2.75) is 6.42 Å². The van der Waals surface area contributed by atoms with Crippen LogP contribution in [0.4, 0.5) is 11.4 Å². The summed E-state index contributed by atoms with van der Waals surface area (Å²) in [5.41, 5.74) is 3.26. The zero-order chi connectivity index (χ0) is 13.4. The predicted molar refractivity (Wildman–Crippen MR) is 86.3 cm³/mol. The van der Waals surface area contributed by atoms with Crippen LogP contribution in [0.25, 0.3) is 0 Å². The molecule has 2 aromatic rings. The van der Waals surface area contributed by atoms with Crippen molar-refractivity contribution in [3.63, 3.8) is 0 Å². The minimum Gasteiger partial charge on any atom is -0.384 e. The zero-order valence-electron chi connectivity index (χ0n) is 9.80. The lowest BCUT2D eigenvalue weighted by Crippen LogP contribution is -2.10. The SMILES string of the molecule is O=C(Nc1ccc2c(c1)CCN2)c1cc(Br)c(Br)s1. The van der Waals surface area contributed by atoms with Crippen LogP contribution in [0.3, 0.4) is 0 Å². The highest BCUT2D eigenvalue weighted by molar-refractivity contribution is 9.13. The highest BCUT2D eigenvalue weighted by Gasteiger charge is 2.14. The Kier molecular flexibility index (Phi) is 3.64. The standard InChI is InChI=1S/C13H10Br2N2OS/c14-9-6-11(19-12(9)15)13(18)17-8-1-2-10-7(5-8)3-4-16-10/h1-2,5-6,16H,3-4H2,(H,17,18). The van der Waals surface area contributed by atoms with Crippen molar-refractivity contribution in [1.82, 2.24) is 0 Å². The summed E-state index contributed by atoms with van der Waals surface area (Å²) >= 11 is 8.19. The molecule has 3 rings (SSSR count). The molecule has 3 nitrogen and oxygen atoms in total. The molecule has 1 aliphatic rings. The fourth-order valence-corrected chi connectivity index (χ4v) is 3.96. The van der Waals surface area contributed by atoms with Gasteiger partial charge in [0, 0.05) is 22.4 Å². The fourth-order valence-electron chi connectivity index (χ4n) is 2.03. The van der Waals surface area contributed by atoms with Crippen molar-refractivity contribution in [2.24, 2.45) is 0 Å². The van der Waals surface area contributed by atoms with Crippen molar-refractivity contribution in [2.75, 3.05) is 17.2 Å². The summed E-state index contributed by atoms with van der Waals surface area (Å²) in [7, 11) is 0. The lowest BCUT2D eigenvalue weighted by molar-refractivity contribution is 0.103. The molecule has 1 aromatic heterocycles. The van der Waals surface area contributed by atoms with Gasteiger partial charge in [0.15, 0.2) is 0 Å². The van der Waals surface area contributed by atoms with Crippen molar-refractivity contribution >= 4 is 60.5 Å². The molecule has 0 saturated carbocycles. The highest BCUT2D eigenvalue weighted by Crippen LogP contribution is 2.33. The van der Waals surface area contributed by atoms with Crippen LogP contribution in [-0.4, -0.2) is 12.5 Å². The van der Waals surface area contributed by atoms with E-state index in [1.54, 1.807) is 0 Å². The molecule has 0 fully saturated rings. The molecule has 6 heteroatoms. The number of anilines is 2. The van der Waals surface area contributed by atoms with E-state index in [-0.39, 0.29) is 5.91 Å². The van der Waals surface area contributed by atoms with E-state index < -0.39 is 0 Å². The van der Waals surface area contributed by atoms with E-state index in [9.17, 15) is 4.79 Å². The van der Waals surface area contributed by atoms with Gasteiger partial charge in [0.25, 0.3) is 5.91 Å². The van der Waals surface area contributed by atoms with Gasteiger partial charge in [-0.1, -0.05) is 0 Å². The van der Waals surface area contributed by atoms with E-state index in [4.69, 9.17) is 0 Å². The highest BCUT2D eigenvalue weighted by atomic mass is 79.9. The maximum Gasteiger partial charge on any atom is 0.265 e. The molecule has 1 amide bonds. The Labute approximate surface area is 131 Å². The van der Waals surface area contributed by atoms with E-state index in [2.05, 4.69) is 42.5 Å². The number of thiophene rings is 1. The van der Waals surface area contributed by atoms with Crippen LogP contribution in [0.1, 0.15) is 15.2 Å². The molecule has 19 heavy (non-hydrogen) atoms. The monoisotopic (exact) mass is 400 g/mol. The Morgan fingerprint density at radius 2 is 2.16 bits per heavy atom. The topological polar surface area (TPSA) is 41.1 Å². The average molecular weight is 402 g/mol. The van der Waals surface area contributed by atoms with E-state index in [0.717, 1.165) is 26.9 Å². The van der Waals surface area contributed by atoms with Gasteiger partial charge >= 0.3 is 0 Å². The number of hydrogen-bond acceptors (Lipinski definition) is 3. The first-order valence-corrected chi connectivity index (χ1v) is 8.17. The van der Waals surface area contributed by atoms with Gasteiger partial charge in [0.05, 0.1) is 8.66 Å². The summed E-state index contributed by atoms with van der Waals surface area (Å²) in [6, 6.07) is 7.79. The first-order chi connectivity index (χ1) is 9.13. The van der Waals surface area contributed by atoms with Crippen LogP contribution in [0.15, 0.2) is 32.5 Å². The number of hydrogen-bond donors (Lipinski definition) is 2. The summed E-state index contributed by atoms with van der Waals surface area (Å²) in [5, 5.41) is 6.23. The third kappa shape index (κ3) is 2.70. The van der Waals surface area contributed by atoms with Crippen molar-refractivity contribution in [3.8, 4) is 0 Å². The van der Waals surface area contributed by atoms with Crippen LogP contribution < -0.4 is 10.6 Å². The molecule has 2 N–H and O–H groups in total. The maximum atomic E-state index is 12.1. The number of carbonyl (C=O) groups excluding carboxylic acids is 1. The predicted octanol–water partition coefficient (Wildman–Crippen LogP) is 4.49. The van der Waals surface area contributed by atoms with Gasteiger partial charge in [-0.3, -0.25) is 4.79 Å². The lowest BCUT2D eigenvalue weighted by Gasteiger charge is -2.06. The maximum absolute atomic E-state index is 12.1. The second-order valence-corrected chi connectivity index (χ2v) is 7.46. The largest absolute Gasteiger partial charge is 0.384 e. The summed E-state index contributed by atoms with van der Waals surface area (Å²) in [6.07, 6.45) is 1.01. The summed E-state index contributed by atoms with van der Waals surface area (Å²) in [5.74, 6) is -0.0812. The number of halogens is 2. The molecule has 0 saturated heterocycles. The molecule has 1 aromatic carbocycles. The van der Waals surface area contributed by atoms with E-state index in [0.29, 0.717) is 4.88 Å². The van der Waals surface area contributed by atoms with Crippen molar-refractivity contribution < 1.29 is 4.79 Å². The van der Waals surface area contributed by atoms with Gasteiger partial charge < -0.3 is 10.6 Å². The van der Waals surface area contributed by atoms with Crippen LogP contribution in [0, 0.1) is 0 Å². The molecule has 0 atom stereocenters.